The molecular weight excluding hydrogens is 388 g/mol. The Morgan fingerprint density at radius 1 is 1.00 bits per heavy atom. The van der Waals surface area contributed by atoms with Crippen molar-refractivity contribution in [1.82, 2.24) is 5.32 Å². The van der Waals surface area contributed by atoms with Crippen molar-refractivity contribution in [2.45, 2.75) is 32.4 Å². The molecule has 0 unspecified atom stereocenters. The van der Waals surface area contributed by atoms with Gasteiger partial charge >= 0.3 is 5.97 Å². The quantitative estimate of drug-likeness (QED) is 0.555. The second-order valence-electron chi connectivity index (χ2n) is 6.78. The van der Waals surface area contributed by atoms with Crippen LogP contribution < -0.4 is 15.0 Å². The Hall–Kier alpha value is -3.68. The maximum absolute atomic E-state index is 12.3. The summed E-state index contributed by atoms with van der Waals surface area (Å²) in [6.07, 6.45) is -0.616. The molecule has 1 fully saturated rings. The van der Waals surface area contributed by atoms with E-state index in [4.69, 9.17) is 9.47 Å². The lowest BCUT2D eigenvalue weighted by atomic mass is 10.2. The number of ether oxygens (including phenoxy) is 2. The Morgan fingerprint density at radius 2 is 1.60 bits per heavy atom. The molecule has 1 aliphatic rings. The van der Waals surface area contributed by atoms with Crippen LogP contribution in [0.4, 0.5) is 5.69 Å². The monoisotopic (exact) mass is 410 g/mol. The molecule has 0 aliphatic carbocycles. The molecule has 0 bridgehead atoms. The topological polar surface area (TPSA) is 102 Å². The highest BCUT2D eigenvalue weighted by molar-refractivity contribution is 6.19. The standard InChI is InChI=1S/C22H22N2O6/c1-14(21(27)23-13-15-3-9-18(29-2)10-4-15)30-22(28)16-5-7-17(8-6-16)24-19(25)11-12-20(24)26/h3-10,14H,11-13H2,1-2H3,(H,23,27)/t14-/m0/s1. The van der Waals surface area contributed by atoms with E-state index in [0.717, 1.165) is 16.2 Å². The van der Waals surface area contributed by atoms with Crippen molar-refractivity contribution in [3.8, 4) is 5.75 Å². The van der Waals surface area contributed by atoms with Gasteiger partial charge in [-0.25, -0.2) is 4.79 Å². The van der Waals surface area contributed by atoms with E-state index in [1.807, 2.05) is 12.1 Å². The summed E-state index contributed by atoms with van der Waals surface area (Å²) < 4.78 is 10.3. The number of carbonyl (C=O) groups excluding carboxylic acids is 4. The molecule has 3 rings (SSSR count). The molecule has 0 aromatic heterocycles. The van der Waals surface area contributed by atoms with E-state index in [9.17, 15) is 19.2 Å². The first kappa shape index (κ1) is 21.0. The van der Waals surface area contributed by atoms with E-state index in [2.05, 4.69) is 5.32 Å². The summed E-state index contributed by atoms with van der Waals surface area (Å²) >= 11 is 0. The number of rotatable bonds is 7. The van der Waals surface area contributed by atoms with Gasteiger partial charge in [-0.05, 0) is 48.9 Å². The molecule has 156 valence electrons. The third-order valence-corrected chi connectivity index (χ3v) is 4.69. The van der Waals surface area contributed by atoms with Crippen LogP contribution in [-0.4, -0.2) is 36.9 Å². The number of anilines is 1. The highest BCUT2D eigenvalue weighted by Crippen LogP contribution is 2.23. The first-order valence-electron chi connectivity index (χ1n) is 9.46. The lowest BCUT2D eigenvalue weighted by Gasteiger charge is -2.15. The van der Waals surface area contributed by atoms with E-state index in [0.29, 0.717) is 5.69 Å². The summed E-state index contributed by atoms with van der Waals surface area (Å²) in [6, 6.07) is 13.2. The average molecular weight is 410 g/mol. The van der Waals surface area contributed by atoms with Crippen LogP contribution in [0, 0.1) is 0 Å². The molecule has 1 heterocycles. The summed E-state index contributed by atoms with van der Waals surface area (Å²) in [5.74, 6) is -0.913. The zero-order valence-corrected chi connectivity index (χ0v) is 16.7. The van der Waals surface area contributed by atoms with Crippen molar-refractivity contribution in [2.24, 2.45) is 0 Å². The lowest BCUT2D eigenvalue weighted by Crippen LogP contribution is -2.35. The summed E-state index contributed by atoms with van der Waals surface area (Å²) in [6.45, 7) is 1.77. The fraction of sp³-hybridized carbons (Fsp3) is 0.273. The number of hydrogen-bond acceptors (Lipinski definition) is 6. The van der Waals surface area contributed by atoms with E-state index >= 15 is 0 Å². The van der Waals surface area contributed by atoms with Crippen LogP contribution in [0.15, 0.2) is 48.5 Å². The van der Waals surface area contributed by atoms with Crippen LogP contribution in [0.2, 0.25) is 0 Å². The summed E-state index contributed by atoms with van der Waals surface area (Å²) in [5.41, 5.74) is 1.50. The molecule has 3 amide bonds. The smallest absolute Gasteiger partial charge is 0.338 e. The van der Waals surface area contributed by atoms with Gasteiger partial charge < -0.3 is 14.8 Å². The zero-order valence-electron chi connectivity index (χ0n) is 16.7. The second kappa shape index (κ2) is 9.21. The molecule has 8 heteroatoms. The third kappa shape index (κ3) is 4.83. The summed E-state index contributed by atoms with van der Waals surface area (Å²) in [5, 5.41) is 2.71. The number of methoxy groups -OCH3 is 1. The molecule has 30 heavy (non-hydrogen) atoms. The minimum atomic E-state index is -0.989. The van der Waals surface area contributed by atoms with Crippen molar-refractivity contribution in [3.05, 3.63) is 59.7 Å². The number of benzene rings is 2. The number of nitrogens with zero attached hydrogens (tertiary/aromatic N) is 1. The van der Waals surface area contributed by atoms with Gasteiger partial charge in [0.05, 0.1) is 18.4 Å². The minimum absolute atomic E-state index is 0.186. The number of carbonyl (C=O) groups is 4. The normalized spacial score (nSPS) is 14.4. The molecule has 1 atom stereocenters. The molecule has 2 aromatic carbocycles. The van der Waals surface area contributed by atoms with Crippen LogP contribution in [0.5, 0.6) is 5.75 Å². The number of hydrogen-bond donors (Lipinski definition) is 1. The maximum Gasteiger partial charge on any atom is 0.338 e. The van der Waals surface area contributed by atoms with Gasteiger partial charge in [0.15, 0.2) is 6.10 Å². The van der Waals surface area contributed by atoms with Crippen molar-refractivity contribution in [2.75, 3.05) is 12.0 Å². The number of esters is 1. The number of nitrogens with one attached hydrogen (secondary N) is 1. The third-order valence-electron chi connectivity index (χ3n) is 4.69. The predicted molar refractivity (Wildman–Crippen MR) is 108 cm³/mol. The van der Waals surface area contributed by atoms with Gasteiger partial charge in [-0.15, -0.1) is 0 Å². The Bertz CT molecular complexity index is 937. The van der Waals surface area contributed by atoms with E-state index in [-0.39, 0.29) is 36.8 Å². The van der Waals surface area contributed by atoms with Gasteiger partial charge in [-0.2, -0.15) is 0 Å². The lowest BCUT2D eigenvalue weighted by molar-refractivity contribution is -0.129. The van der Waals surface area contributed by atoms with Crippen LogP contribution in [0.25, 0.3) is 0 Å². The van der Waals surface area contributed by atoms with Crippen molar-refractivity contribution < 1.29 is 28.7 Å². The zero-order chi connectivity index (χ0) is 21.7. The Morgan fingerprint density at radius 3 is 2.17 bits per heavy atom. The average Bonchev–Trinajstić information content (AvgIpc) is 3.10. The van der Waals surface area contributed by atoms with Gasteiger partial charge in [0.1, 0.15) is 5.75 Å². The molecule has 8 nitrogen and oxygen atoms in total. The molecule has 2 aromatic rings. The summed E-state index contributed by atoms with van der Waals surface area (Å²) in [4.78, 5) is 49.2. The van der Waals surface area contributed by atoms with Gasteiger partial charge in [0.25, 0.3) is 5.91 Å². The highest BCUT2D eigenvalue weighted by atomic mass is 16.5. The van der Waals surface area contributed by atoms with Crippen LogP contribution in [0.1, 0.15) is 35.7 Å². The van der Waals surface area contributed by atoms with Crippen LogP contribution >= 0.6 is 0 Å². The van der Waals surface area contributed by atoms with Crippen molar-refractivity contribution in [3.63, 3.8) is 0 Å². The first-order valence-corrected chi connectivity index (χ1v) is 9.46. The Balaban J connectivity index is 1.53. The van der Waals surface area contributed by atoms with Crippen molar-refractivity contribution in [1.29, 1.82) is 0 Å². The molecule has 1 N–H and O–H groups in total. The first-order chi connectivity index (χ1) is 14.4. The SMILES string of the molecule is COc1ccc(CNC(=O)[C@H](C)OC(=O)c2ccc(N3C(=O)CCC3=O)cc2)cc1. The predicted octanol–water partition coefficient (Wildman–Crippen LogP) is 2.21. The van der Waals surface area contributed by atoms with Gasteiger partial charge in [-0.1, -0.05) is 12.1 Å². The van der Waals surface area contributed by atoms with Gasteiger partial charge in [0.2, 0.25) is 11.8 Å². The number of amides is 3. The van der Waals surface area contributed by atoms with Gasteiger partial charge in [0, 0.05) is 19.4 Å². The number of imide groups is 1. The molecule has 1 aliphatic heterocycles. The fourth-order valence-corrected chi connectivity index (χ4v) is 2.97. The Kier molecular flexibility index (Phi) is 6.46. The molecule has 1 saturated heterocycles. The van der Waals surface area contributed by atoms with Crippen LogP contribution in [-0.2, 0) is 25.7 Å². The van der Waals surface area contributed by atoms with E-state index in [1.165, 1.54) is 31.2 Å². The van der Waals surface area contributed by atoms with Crippen molar-refractivity contribution >= 4 is 29.4 Å². The maximum atomic E-state index is 12.3. The highest BCUT2D eigenvalue weighted by Gasteiger charge is 2.30. The van der Waals surface area contributed by atoms with E-state index < -0.39 is 18.0 Å². The summed E-state index contributed by atoms with van der Waals surface area (Å²) in [7, 11) is 1.58. The minimum Gasteiger partial charge on any atom is -0.497 e. The fourth-order valence-electron chi connectivity index (χ4n) is 2.97. The van der Waals surface area contributed by atoms with Crippen LogP contribution in [0.3, 0.4) is 0 Å². The van der Waals surface area contributed by atoms with E-state index in [1.54, 1.807) is 19.2 Å². The molecule has 0 saturated carbocycles. The molecule has 0 radical (unpaired) electrons. The molecular formula is C22H22N2O6. The Labute approximate surface area is 173 Å². The molecule has 0 spiro atoms. The van der Waals surface area contributed by atoms with Gasteiger partial charge in [-0.3, -0.25) is 19.3 Å². The largest absolute Gasteiger partial charge is 0.497 e. The second-order valence-corrected chi connectivity index (χ2v) is 6.78.